The molecule has 5 rings (SSSR count). The van der Waals surface area contributed by atoms with Gasteiger partial charge >= 0.3 is 0 Å². The van der Waals surface area contributed by atoms with Crippen molar-refractivity contribution in [3.8, 4) is 17.2 Å². The van der Waals surface area contributed by atoms with Crippen LogP contribution in [0, 0.1) is 0 Å². The third kappa shape index (κ3) is 4.22. The topological polar surface area (TPSA) is 85.3 Å². The molecule has 1 fully saturated rings. The Labute approximate surface area is 220 Å². The molecule has 0 radical (unpaired) electrons. The first-order valence-corrected chi connectivity index (χ1v) is 12.2. The van der Waals surface area contributed by atoms with E-state index in [1.54, 1.807) is 62.8 Å². The number of benzene rings is 4. The van der Waals surface area contributed by atoms with E-state index in [1.165, 1.54) is 4.90 Å². The van der Waals surface area contributed by atoms with Gasteiger partial charge in [0.05, 0.1) is 32.4 Å². The smallest absolute Gasteiger partial charge is 0.300 e. The lowest BCUT2D eigenvalue weighted by atomic mass is 9.93. The molecule has 38 heavy (non-hydrogen) atoms. The molecule has 7 heteroatoms. The number of nitrogens with zero attached hydrogens (tertiary/aromatic N) is 1. The Kier molecular flexibility index (Phi) is 6.75. The molecule has 7 nitrogen and oxygen atoms in total. The van der Waals surface area contributed by atoms with Gasteiger partial charge in [0, 0.05) is 11.3 Å². The Hall–Kier alpha value is -4.78. The van der Waals surface area contributed by atoms with Crippen LogP contribution in [0.25, 0.3) is 16.5 Å². The van der Waals surface area contributed by atoms with Gasteiger partial charge in [0.2, 0.25) is 0 Å². The lowest BCUT2D eigenvalue weighted by molar-refractivity contribution is -0.132. The third-order valence-corrected chi connectivity index (χ3v) is 6.64. The highest BCUT2D eigenvalue weighted by Crippen LogP contribution is 2.45. The number of amides is 1. The minimum Gasteiger partial charge on any atom is -0.507 e. The van der Waals surface area contributed by atoms with Gasteiger partial charge in [-0.1, -0.05) is 48.5 Å². The standard InChI is InChI=1S/C31H27NO6/c1-4-38-26-18-20(12-17-25(26)37-3)28-27(29(33)24-11-7-9-19-8-5-6-10-23(19)24)30(34)31(35)32(28)21-13-15-22(36-2)16-14-21/h5-18,28,33H,4H2,1-3H3/b29-27+. The van der Waals surface area contributed by atoms with Gasteiger partial charge in [-0.3, -0.25) is 14.5 Å². The highest BCUT2D eigenvalue weighted by atomic mass is 16.5. The van der Waals surface area contributed by atoms with Gasteiger partial charge < -0.3 is 19.3 Å². The molecule has 0 bridgehead atoms. The summed E-state index contributed by atoms with van der Waals surface area (Å²) in [4.78, 5) is 28.5. The maximum absolute atomic E-state index is 13.6. The molecule has 192 valence electrons. The lowest BCUT2D eigenvalue weighted by Crippen LogP contribution is -2.29. The van der Waals surface area contributed by atoms with E-state index >= 15 is 0 Å². The van der Waals surface area contributed by atoms with Crippen molar-refractivity contribution < 1.29 is 28.9 Å². The van der Waals surface area contributed by atoms with Crippen LogP contribution in [0.4, 0.5) is 5.69 Å². The van der Waals surface area contributed by atoms with E-state index < -0.39 is 17.7 Å². The molecule has 1 saturated heterocycles. The van der Waals surface area contributed by atoms with Crippen LogP contribution in [-0.2, 0) is 9.59 Å². The summed E-state index contributed by atoms with van der Waals surface area (Å²) in [6.45, 7) is 2.25. The summed E-state index contributed by atoms with van der Waals surface area (Å²) in [5.74, 6) is -0.152. The maximum Gasteiger partial charge on any atom is 0.300 e. The van der Waals surface area contributed by atoms with Crippen LogP contribution < -0.4 is 19.1 Å². The highest BCUT2D eigenvalue weighted by Gasteiger charge is 2.47. The molecule has 4 aromatic rings. The molecule has 1 unspecified atom stereocenters. The number of aliphatic hydroxyl groups is 1. The normalized spacial score (nSPS) is 16.6. The van der Waals surface area contributed by atoms with Crippen LogP contribution in [0.5, 0.6) is 17.2 Å². The van der Waals surface area contributed by atoms with Gasteiger partial charge in [0.25, 0.3) is 11.7 Å². The van der Waals surface area contributed by atoms with E-state index in [4.69, 9.17) is 14.2 Å². The molecular formula is C31H27NO6. The minimum absolute atomic E-state index is 0.00483. The summed E-state index contributed by atoms with van der Waals surface area (Å²) in [5, 5.41) is 13.3. The summed E-state index contributed by atoms with van der Waals surface area (Å²) in [6.07, 6.45) is 0. The molecule has 0 aromatic heterocycles. The molecule has 1 heterocycles. The minimum atomic E-state index is -0.910. The number of carbonyl (C=O) groups is 2. The largest absolute Gasteiger partial charge is 0.507 e. The second-order valence-electron chi connectivity index (χ2n) is 8.74. The van der Waals surface area contributed by atoms with Crippen molar-refractivity contribution in [3.05, 3.63) is 102 Å². The molecule has 1 atom stereocenters. The molecule has 0 saturated carbocycles. The summed E-state index contributed by atoms with van der Waals surface area (Å²) >= 11 is 0. The Morgan fingerprint density at radius 3 is 2.32 bits per heavy atom. The monoisotopic (exact) mass is 509 g/mol. The zero-order valence-electron chi connectivity index (χ0n) is 21.3. The van der Waals surface area contributed by atoms with Crippen LogP contribution in [0.2, 0.25) is 0 Å². The molecule has 1 aliphatic heterocycles. The van der Waals surface area contributed by atoms with Crippen molar-refractivity contribution in [1.82, 2.24) is 0 Å². The number of aliphatic hydroxyl groups excluding tert-OH is 1. The van der Waals surface area contributed by atoms with E-state index in [2.05, 4.69) is 0 Å². The number of fused-ring (bicyclic) bond motifs is 1. The molecule has 0 aliphatic carbocycles. The van der Waals surface area contributed by atoms with Gasteiger partial charge in [-0.2, -0.15) is 0 Å². The number of hydrogen-bond donors (Lipinski definition) is 1. The van der Waals surface area contributed by atoms with Crippen molar-refractivity contribution in [2.45, 2.75) is 13.0 Å². The molecule has 1 N–H and O–H groups in total. The Morgan fingerprint density at radius 1 is 0.868 bits per heavy atom. The van der Waals surface area contributed by atoms with Gasteiger partial charge in [0.1, 0.15) is 11.5 Å². The van der Waals surface area contributed by atoms with Crippen molar-refractivity contribution in [2.24, 2.45) is 0 Å². The fourth-order valence-corrected chi connectivity index (χ4v) is 4.87. The number of carbonyl (C=O) groups excluding carboxylic acids is 2. The van der Waals surface area contributed by atoms with Gasteiger partial charge in [-0.05, 0) is 59.7 Å². The van der Waals surface area contributed by atoms with E-state index in [0.717, 1.165) is 10.8 Å². The highest BCUT2D eigenvalue weighted by molar-refractivity contribution is 6.51. The average Bonchev–Trinajstić information content (AvgIpc) is 3.22. The summed E-state index contributed by atoms with van der Waals surface area (Å²) in [6, 6.07) is 24.2. The Balaban J connectivity index is 1.76. The Morgan fingerprint density at radius 2 is 1.61 bits per heavy atom. The van der Waals surface area contributed by atoms with Crippen LogP contribution in [0.3, 0.4) is 0 Å². The number of rotatable bonds is 7. The summed E-state index contributed by atoms with van der Waals surface area (Å²) in [7, 11) is 3.10. The predicted molar refractivity (Wildman–Crippen MR) is 146 cm³/mol. The first kappa shape index (κ1) is 24.9. The maximum atomic E-state index is 13.6. The van der Waals surface area contributed by atoms with Gasteiger partial charge in [-0.25, -0.2) is 0 Å². The fourth-order valence-electron chi connectivity index (χ4n) is 4.87. The fraction of sp³-hybridized carbons (Fsp3) is 0.161. The zero-order valence-corrected chi connectivity index (χ0v) is 21.3. The summed E-state index contributed by atoms with van der Waals surface area (Å²) < 4.78 is 16.5. The van der Waals surface area contributed by atoms with E-state index in [1.807, 2.05) is 43.3 Å². The quantitative estimate of drug-likeness (QED) is 0.190. The van der Waals surface area contributed by atoms with Crippen LogP contribution in [-0.4, -0.2) is 37.6 Å². The molecule has 0 spiro atoms. The molecule has 1 aliphatic rings. The van der Waals surface area contributed by atoms with Crippen molar-refractivity contribution in [1.29, 1.82) is 0 Å². The average molecular weight is 510 g/mol. The predicted octanol–water partition coefficient (Wildman–Crippen LogP) is 5.88. The second kappa shape index (κ2) is 10.3. The number of anilines is 1. The SMILES string of the molecule is CCOc1cc(C2/C(=C(\O)c3cccc4ccccc34)C(=O)C(=O)N2c2ccc(OC)cc2)ccc1OC. The number of methoxy groups -OCH3 is 2. The Bertz CT molecular complexity index is 1550. The summed E-state index contributed by atoms with van der Waals surface area (Å²) in [5.41, 5.74) is 1.55. The van der Waals surface area contributed by atoms with E-state index in [0.29, 0.717) is 40.7 Å². The first-order valence-electron chi connectivity index (χ1n) is 12.2. The molecule has 4 aromatic carbocycles. The first-order chi connectivity index (χ1) is 18.5. The number of ether oxygens (including phenoxy) is 3. The number of Topliss-reactive ketones (excluding diaryl/α,β-unsaturated/α-hetero) is 1. The van der Waals surface area contributed by atoms with Crippen LogP contribution in [0.1, 0.15) is 24.1 Å². The zero-order chi connectivity index (χ0) is 26.8. The third-order valence-electron chi connectivity index (χ3n) is 6.64. The van der Waals surface area contributed by atoms with Crippen LogP contribution >= 0.6 is 0 Å². The van der Waals surface area contributed by atoms with Crippen molar-refractivity contribution in [3.63, 3.8) is 0 Å². The van der Waals surface area contributed by atoms with Crippen molar-refractivity contribution >= 4 is 33.9 Å². The lowest BCUT2D eigenvalue weighted by Gasteiger charge is -2.26. The number of ketones is 1. The molecular weight excluding hydrogens is 482 g/mol. The van der Waals surface area contributed by atoms with Gasteiger partial charge in [0.15, 0.2) is 11.5 Å². The second-order valence-corrected chi connectivity index (χ2v) is 8.74. The van der Waals surface area contributed by atoms with E-state index in [9.17, 15) is 14.7 Å². The van der Waals surface area contributed by atoms with Crippen molar-refractivity contribution in [2.75, 3.05) is 25.7 Å². The number of hydrogen-bond acceptors (Lipinski definition) is 6. The van der Waals surface area contributed by atoms with Gasteiger partial charge in [-0.15, -0.1) is 0 Å². The van der Waals surface area contributed by atoms with E-state index in [-0.39, 0.29) is 11.3 Å². The molecule has 1 amide bonds. The van der Waals surface area contributed by atoms with Crippen LogP contribution in [0.15, 0.2) is 90.5 Å².